The van der Waals surface area contributed by atoms with Crippen LogP contribution in [0.5, 0.6) is 0 Å². The fourth-order valence-corrected chi connectivity index (χ4v) is 1.30. The van der Waals surface area contributed by atoms with E-state index in [4.69, 9.17) is 0 Å². The molecule has 14 heavy (non-hydrogen) atoms. The molecule has 0 radical (unpaired) electrons. The zero-order chi connectivity index (χ0) is 10.4. The minimum atomic E-state index is -1.33. The summed E-state index contributed by atoms with van der Waals surface area (Å²) in [6.45, 7) is 0. The Morgan fingerprint density at radius 1 is 1.50 bits per heavy atom. The number of halogens is 1. The second-order valence-electron chi connectivity index (χ2n) is 2.49. The van der Waals surface area contributed by atoms with Gasteiger partial charge < -0.3 is 4.52 Å². The molecule has 0 fully saturated rings. The zero-order valence-corrected chi connectivity index (χ0v) is 9.44. The van der Waals surface area contributed by atoms with Gasteiger partial charge >= 0.3 is 6.09 Å². The molecule has 0 aliphatic rings. The van der Waals surface area contributed by atoms with Crippen LogP contribution < -0.4 is 5.32 Å². The Morgan fingerprint density at radius 2 is 2.14 bits per heavy atom. The molecular weight excluding hydrogens is 223 g/mol. The molecule has 2 atom stereocenters. The normalized spacial score (nSPS) is 10.4. The Kier molecular flexibility index (Phi) is 4.78. The summed E-state index contributed by atoms with van der Waals surface area (Å²) in [7, 11) is 1.27. The minimum absolute atomic E-state index is 0.593. The highest BCUT2D eigenvalue weighted by Gasteiger charge is 2.01. The van der Waals surface area contributed by atoms with E-state index in [2.05, 4.69) is 19.1 Å². The molecule has 3 nitrogen and oxygen atoms in total. The van der Waals surface area contributed by atoms with Crippen molar-refractivity contribution in [3.05, 3.63) is 29.8 Å². The highest BCUT2D eigenvalue weighted by molar-refractivity contribution is 7.26. The number of amides is 1. The SMILES string of the molecule is O=C(Nc1ccc(CP)cc1)OPF. The van der Waals surface area contributed by atoms with Crippen molar-refractivity contribution in [3.63, 3.8) is 0 Å². The first-order chi connectivity index (χ1) is 6.76. The van der Waals surface area contributed by atoms with Gasteiger partial charge in [0.15, 0.2) is 0 Å². The van der Waals surface area contributed by atoms with Crippen LogP contribution >= 0.6 is 18.4 Å². The maximum atomic E-state index is 11.6. The molecule has 0 aliphatic carbocycles. The number of hydrogen-bond acceptors (Lipinski definition) is 2. The van der Waals surface area contributed by atoms with E-state index < -0.39 is 15.2 Å². The predicted octanol–water partition coefficient (Wildman–Crippen LogP) is 3.09. The van der Waals surface area contributed by atoms with E-state index in [1.165, 1.54) is 0 Å². The second-order valence-corrected chi connectivity index (χ2v) is 3.26. The van der Waals surface area contributed by atoms with Gasteiger partial charge in [-0.2, -0.15) is 4.20 Å². The molecular formula is C8H10FNO2P2. The molecule has 0 spiro atoms. The van der Waals surface area contributed by atoms with Crippen LogP contribution in [-0.2, 0) is 10.7 Å². The number of carbonyl (C=O) groups excluding carboxylic acids is 1. The van der Waals surface area contributed by atoms with Crippen LogP contribution in [0.25, 0.3) is 0 Å². The van der Waals surface area contributed by atoms with E-state index in [-0.39, 0.29) is 0 Å². The molecule has 1 aromatic rings. The van der Waals surface area contributed by atoms with Crippen LogP contribution in [0.4, 0.5) is 14.7 Å². The van der Waals surface area contributed by atoms with Crippen molar-refractivity contribution < 1.29 is 13.5 Å². The van der Waals surface area contributed by atoms with Crippen molar-refractivity contribution in [2.75, 3.05) is 5.32 Å². The lowest BCUT2D eigenvalue weighted by Gasteiger charge is -2.03. The van der Waals surface area contributed by atoms with Gasteiger partial charge in [-0.05, 0) is 23.9 Å². The average Bonchev–Trinajstić information content (AvgIpc) is 2.19. The van der Waals surface area contributed by atoms with Crippen molar-refractivity contribution >= 4 is 30.1 Å². The molecule has 0 saturated carbocycles. The molecule has 2 unspecified atom stereocenters. The van der Waals surface area contributed by atoms with Gasteiger partial charge in [-0.1, -0.05) is 12.1 Å². The van der Waals surface area contributed by atoms with Gasteiger partial charge in [0.25, 0.3) is 9.12 Å². The number of rotatable bonds is 3. The standard InChI is InChI=1S/C8H10FNO2P2/c9-14-12-8(11)10-7-3-1-6(5-13)2-4-7/h1-4,14H,5,13H2,(H,10,11). The third-order valence-electron chi connectivity index (χ3n) is 1.57. The average molecular weight is 233 g/mol. The van der Waals surface area contributed by atoms with Crippen molar-refractivity contribution in [3.8, 4) is 0 Å². The van der Waals surface area contributed by atoms with Crippen LogP contribution in [0.1, 0.15) is 5.56 Å². The third kappa shape index (κ3) is 3.57. The Labute approximate surface area is 85.6 Å². The van der Waals surface area contributed by atoms with Crippen LogP contribution in [0.15, 0.2) is 24.3 Å². The minimum Gasteiger partial charge on any atom is -0.399 e. The van der Waals surface area contributed by atoms with Crippen LogP contribution in [0, 0.1) is 0 Å². The van der Waals surface area contributed by atoms with Gasteiger partial charge in [-0.25, -0.2) is 4.79 Å². The van der Waals surface area contributed by atoms with Crippen LogP contribution in [0.2, 0.25) is 0 Å². The molecule has 0 saturated heterocycles. The van der Waals surface area contributed by atoms with Gasteiger partial charge in [-0.15, -0.1) is 9.24 Å². The van der Waals surface area contributed by atoms with E-state index >= 15 is 0 Å². The summed E-state index contributed by atoms with van der Waals surface area (Å²) in [5.41, 5.74) is 1.73. The Balaban J connectivity index is 2.55. The summed E-state index contributed by atoms with van der Waals surface area (Å²) in [5, 5.41) is 2.39. The first-order valence-electron chi connectivity index (χ1n) is 3.88. The monoisotopic (exact) mass is 233 g/mol. The number of benzene rings is 1. The third-order valence-corrected chi connectivity index (χ3v) is 2.30. The lowest BCUT2D eigenvalue weighted by atomic mass is 10.2. The molecule has 0 bridgehead atoms. The summed E-state index contributed by atoms with van der Waals surface area (Å²) >= 11 is 0. The quantitative estimate of drug-likeness (QED) is 0.814. The number of carbonyl (C=O) groups is 1. The van der Waals surface area contributed by atoms with Crippen molar-refractivity contribution in [1.82, 2.24) is 0 Å². The highest BCUT2D eigenvalue weighted by Crippen LogP contribution is 2.16. The lowest BCUT2D eigenvalue weighted by molar-refractivity contribution is 0.219. The Bertz CT molecular complexity index is 305. The number of nitrogens with one attached hydrogen (secondary N) is 1. The maximum Gasteiger partial charge on any atom is 0.416 e. The summed E-state index contributed by atoms with van der Waals surface area (Å²) in [6, 6.07) is 7.23. The van der Waals surface area contributed by atoms with Gasteiger partial charge in [0.2, 0.25) is 0 Å². The van der Waals surface area contributed by atoms with Gasteiger partial charge in [0.1, 0.15) is 0 Å². The fourth-order valence-electron chi connectivity index (χ4n) is 0.903. The molecule has 1 rings (SSSR count). The second kappa shape index (κ2) is 5.90. The Morgan fingerprint density at radius 3 is 2.64 bits per heavy atom. The van der Waals surface area contributed by atoms with E-state index in [0.29, 0.717) is 5.69 Å². The molecule has 0 aliphatic heterocycles. The van der Waals surface area contributed by atoms with Gasteiger partial charge in [-0.3, -0.25) is 5.32 Å². The summed E-state index contributed by atoms with van der Waals surface area (Å²) < 4.78 is 15.7. The molecule has 6 heteroatoms. The first-order valence-corrected chi connectivity index (χ1v) is 5.49. The van der Waals surface area contributed by atoms with Gasteiger partial charge in [0, 0.05) is 5.69 Å². The highest BCUT2D eigenvalue weighted by atomic mass is 31.1. The van der Waals surface area contributed by atoms with E-state index in [0.717, 1.165) is 11.7 Å². The predicted molar refractivity (Wildman–Crippen MR) is 59.4 cm³/mol. The van der Waals surface area contributed by atoms with E-state index in [1.807, 2.05) is 12.1 Å². The van der Waals surface area contributed by atoms with Crippen LogP contribution in [-0.4, -0.2) is 6.09 Å². The lowest BCUT2D eigenvalue weighted by Crippen LogP contribution is -2.08. The van der Waals surface area contributed by atoms with Crippen LogP contribution in [0.3, 0.4) is 0 Å². The smallest absolute Gasteiger partial charge is 0.399 e. The molecule has 1 aromatic carbocycles. The van der Waals surface area contributed by atoms with E-state index in [9.17, 15) is 8.99 Å². The molecule has 0 heterocycles. The number of anilines is 1. The molecule has 1 amide bonds. The summed E-state index contributed by atoms with van der Waals surface area (Å²) in [5.74, 6) is 0. The maximum absolute atomic E-state index is 11.6. The van der Waals surface area contributed by atoms with Crippen molar-refractivity contribution in [2.24, 2.45) is 0 Å². The first kappa shape index (κ1) is 11.4. The number of hydrogen-bond donors (Lipinski definition) is 1. The largest absolute Gasteiger partial charge is 0.416 e. The Hall–Kier alpha value is -0.720. The molecule has 0 aromatic heterocycles. The zero-order valence-electron chi connectivity index (χ0n) is 7.29. The van der Waals surface area contributed by atoms with E-state index in [1.54, 1.807) is 12.1 Å². The summed E-state index contributed by atoms with van der Waals surface area (Å²) in [6.07, 6.45) is 0.0841. The van der Waals surface area contributed by atoms with Crippen molar-refractivity contribution in [1.29, 1.82) is 0 Å². The molecule has 76 valence electrons. The van der Waals surface area contributed by atoms with Crippen molar-refractivity contribution in [2.45, 2.75) is 6.16 Å². The molecule has 1 N–H and O–H groups in total. The van der Waals surface area contributed by atoms with Gasteiger partial charge in [0.05, 0.1) is 0 Å². The summed E-state index contributed by atoms with van der Waals surface area (Å²) in [4.78, 5) is 10.8. The fraction of sp³-hybridized carbons (Fsp3) is 0.125. The topological polar surface area (TPSA) is 38.3 Å².